The van der Waals surface area contributed by atoms with E-state index in [1.165, 1.54) is 0 Å². The fourth-order valence-electron chi connectivity index (χ4n) is 3.33. The Morgan fingerprint density at radius 2 is 2.10 bits per heavy atom. The highest BCUT2D eigenvalue weighted by Crippen LogP contribution is 2.38. The first-order valence-corrected chi connectivity index (χ1v) is 8.20. The topological polar surface area (TPSA) is 41.1 Å². The summed E-state index contributed by atoms with van der Waals surface area (Å²) in [6.07, 6.45) is 3.15. The van der Waals surface area contributed by atoms with Crippen LogP contribution in [0.5, 0.6) is 0 Å². The van der Waals surface area contributed by atoms with E-state index in [-0.39, 0.29) is 11.9 Å². The van der Waals surface area contributed by atoms with Crippen LogP contribution in [0.4, 0.5) is 0 Å². The minimum atomic E-state index is -0.637. The lowest BCUT2D eigenvalue weighted by atomic mass is 9.71. The van der Waals surface area contributed by atoms with E-state index in [0.29, 0.717) is 10.9 Å². The van der Waals surface area contributed by atoms with Gasteiger partial charge in [0.15, 0.2) is 0 Å². The number of hydrogen-bond acceptors (Lipinski definition) is 2. The van der Waals surface area contributed by atoms with E-state index >= 15 is 0 Å². The molecule has 0 aromatic heterocycles. The molecule has 1 heterocycles. The van der Waals surface area contributed by atoms with Gasteiger partial charge in [0.25, 0.3) is 0 Å². The Kier molecular flexibility index (Phi) is 5.28. The second-order valence-corrected chi connectivity index (χ2v) is 6.55. The minimum Gasteiger partial charge on any atom is -0.352 e. The van der Waals surface area contributed by atoms with Gasteiger partial charge in [0, 0.05) is 11.1 Å². The molecule has 0 aliphatic carbocycles. The fourth-order valence-corrected chi connectivity index (χ4v) is 3.45. The zero-order valence-corrected chi connectivity index (χ0v) is 13.8. The van der Waals surface area contributed by atoms with Crippen molar-refractivity contribution in [2.24, 2.45) is 5.92 Å². The van der Waals surface area contributed by atoms with Gasteiger partial charge in [0.05, 0.1) is 0 Å². The molecule has 2 rings (SSSR count). The molecule has 2 N–H and O–H groups in total. The van der Waals surface area contributed by atoms with E-state index in [1.54, 1.807) is 0 Å². The van der Waals surface area contributed by atoms with Crippen molar-refractivity contribution in [3.05, 3.63) is 34.9 Å². The zero-order valence-electron chi connectivity index (χ0n) is 13.1. The summed E-state index contributed by atoms with van der Waals surface area (Å²) >= 11 is 6.01. The lowest BCUT2D eigenvalue weighted by molar-refractivity contribution is -0.132. The van der Waals surface area contributed by atoms with E-state index in [0.717, 1.165) is 31.4 Å². The van der Waals surface area contributed by atoms with Crippen molar-refractivity contribution in [2.75, 3.05) is 6.54 Å². The highest BCUT2D eigenvalue weighted by molar-refractivity contribution is 6.30. The van der Waals surface area contributed by atoms with Gasteiger partial charge in [0.2, 0.25) is 5.91 Å². The van der Waals surface area contributed by atoms with Crippen LogP contribution >= 0.6 is 11.6 Å². The fraction of sp³-hybridized carbons (Fsp3) is 0.588. The number of halogens is 1. The molecule has 1 unspecified atom stereocenters. The molecule has 3 nitrogen and oxygen atoms in total. The van der Waals surface area contributed by atoms with Crippen LogP contribution in [0.3, 0.4) is 0 Å². The smallest absolute Gasteiger partial charge is 0.245 e. The first kappa shape index (κ1) is 16.3. The maximum atomic E-state index is 13.0. The van der Waals surface area contributed by atoms with E-state index in [9.17, 15) is 4.79 Å². The summed E-state index contributed by atoms with van der Waals surface area (Å²) in [5, 5.41) is 7.31. The van der Waals surface area contributed by atoms with E-state index in [4.69, 9.17) is 11.6 Å². The van der Waals surface area contributed by atoms with Gasteiger partial charge in [-0.2, -0.15) is 0 Å². The quantitative estimate of drug-likeness (QED) is 0.894. The third kappa shape index (κ3) is 3.24. The molecule has 1 aromatic rings. The lowest BCUT2D eigenvalue weighted by Gasteiger charge is -2.44. The summed E-state index contributed by atoms with van der Waals surface area (Å²) in [7, 11) is 0. The Bertz CT molecular complexity index is 486. The lowest BCUT2D eigenvalue weighted by Crippen LogP contribution is -2.61. The molecule has 0 radical (unpaired) electrons. The summed E-state index contributed by atoms with van der Waals surface area (Å²) in [4.78, 5) is 13.0. The van der Waals surface area contributed by atoms with Crippen LogP contribution in [0.2, 0.25) is 5.02 Å². The maximum Gasteiger partial charge on any atom is 0.245 e. The van der Waals surface area contributed by atoms with Crippen LogP contribution < -0.4 is 10.6 Å². The maximum absolute atomic E-state index is 13.0. The van der Waals surface area contributed by atoms with Crippen molar-refractivity contribution < 1.29 is 4.79 Å². The summed E-state index contributed by atoms with van der Waals surface area (Å²) in [6.45, 7) is 7.02. The number of carbonyl (C=O) groups is 1. The summed E-state index contributed by atoms with van der Waals surface area (Å²) in [5.74, 6) is 0.373. The van der Waals surface area contributed by atoms with Crippen LogP contribution in [0.1, 0.15) is 45.6 Å². The van der Waals surface area contributed by atoms with Gasteiger partial charge in [-0.25, -0.2) is 0 Å². The van der Waals surface area contributed by atoms with E-state index < -0.39 is 5.54 Å². The van der Waals surface area contributed by atoms with Crippen molar-refractivity contribution in [1.82, 2.24) is 10.6 Å². The number of nitrogens with one attached hydrogen (secondary N) is 2. The number of piperidine rings is 1. The molecular formula is C17H25ClN2O. The number of carbonyl (C=O) groups excluding carboxylic acids is 1. The standard InChI is InChI=1S/C17H25ClN2O/c1-4-13-6-5-11-19-17(13,16(21)20-12(2)3)14-7-9-15(18)10-8-14/h7-10,12-13,19H,4-6,11H2,1-3H3,(H,20,21)/t13?,17-/m1/s1. The average Bonchev–Trinajstić information content (AvgIpc) is 2.47. The molecule has 2 atom stereocenters. The average molecular weight is 309 g/mol. The molecular weight excluding hydrogens is 284 g/mol. The minimum absolute atomic E-state index is 0.0753. The molecule has 116 valence electrons. The largest absolute Gasteiger partial charge is 0.352 e. The summed E-state index contributed by atoms with van der Waals surface area (Å²) < 4.78 is 0. The van der Waals surface area contributed by atoms with Crippen molar-refractivity contribution >= 4 is 17.5 Å². The van der Waals surface area contributed by atoms with Crippen molar-refractivity contribution in [1.29, 1.82) is 0 Å². The van der Waals surface area contributed by atoms with Crippen LogP contribution in [0.15, 0.2) is 24.3 Å². The molecule has 21 heavy (non-hydrogen) atoms. The molecule has 0 spiro atoms. The van der Waals surface area contributed by atoms with Gasteiger partial charge < -0.3 is 5.32 Å². The Hall–Kier alpha value is -1.06. The number of hydrogen-bond donors (Lipinski definition) is 2. The third-order valence-electron chi connectivity index (χ3n) is 4.32. The van der Waals surface area contributed by atoms with Crippen LogP contribution in [-0.2, 0) is 10.3 Å². The molecule has 1 saturated heterocycles. The number of benzene rings is 1. The van der Waals surface area contributed by atoms with Gasteiger partial charge in [-0.1, -0.05) is 37.1 Å². The van der Waals surface area contributed by atoms with Gasteiger partial charge in [-0.3, -0.25) is 10.1 Å². The predicted molar refractivity (Wildman–Crippen MR) is 87.4 cm³/mol. The third-order valence-corrected chi connectivity index (χ3v) is 4.57. The number of rotatable bonds is 4. The summed E-state index contributed by atoms with van der Waals surface area (Å²) in [5.41, 5.74) is 0.374. The Balaban J connectivity index is 2.46. The van der Waals surface area contributed by atoms with Crippen molar-refractivity contribution in [3.63, 3.8) is 0 Å². The van der Waals surface area contributed by atoms with Gasteiger partial charge in [-0.05, 0) is 56.8 Å². The highest BCUT2D eigenvalue weighted by atomic mass is 35.5. The normalized spacial score (nSPS) is 25.9. The summed E-state index contributed by atoms with van der Waals surface area (Å²) in [6, 6.07) is 7.81. The molecule has 0 bridgehead atoms. The molecule has 1 amide bonds. The second-order valence-electron chi connectivity index (χ2n) is 6.12. The first-order chi connectivity index (χ1) is 10.0. The first-order valence-electron chi connectivity index (χ1n) is 7.82. The van der Waals surface area contributed by atoms with E-state index in [1.807, 2.05) is 38.1 Å². The van der Waals surface area contributed by atoms with Gasteiger partial charge in [-0.15, -0.1) is 0 Å². The van der Waals surface area contributed by atoms with Gasteiger partial charge >= 0.3 is 0 Å². The Morgan fingerprint density at radius 3 is 2.67 bits per heavy atom. The molecule has 1 aliphatic rings. The molecule has 0 saturated carbocycles. The predicted octanol–water partition coefficient (Wildman–Crippen LogP) is 3.47. The SMILES string of the molecule is CCC1CCCN[C@@]1(C(=O)NC(C)C)c1ccc(Cl)cc1. The highest BCUT2D eigenvalue weighted by Gasteiger charge is 2.47. The second kappa shape index (κ2) is 6.80. The van der Waals surface area contributed by atoms with Crippen LogP contribution in [0, 0.1) is 5.92 Å². The van der Waals surface area contributed by atoms with Crippen molar-refractivity contribution in [2.45, 2.75) is 51.6 Å². The molecule has 1 aliphatic heterocycles. The van der Waals surface area contributed by atoms with Crippen LogP contribution in [-0.4, -0.2) is 18.5 Å². The Labute approximate surface area is 132 Å². The zero-order chi connectivity index (χ0) is 15.5. The monoisotopic (exact) mass is 308 g/mol. The van der Waals surface area contributed by atoms with Crippen LogP contribution in [0.25, 0.3) is 0 Å². The molecule has 1 aromatic carbocycles. The Morgan fingerprint density at radius 1 is 1.43 bits per heavy atom. The molecule has 1 fully saturated rings. The van der Waals surface area contributed by atoms with Gasteiger partial charge in [0.1, 0.15) is 5.54 Å². The number of amides is 1. The van der Waals surface area contributed by atoms with Crippen molar-refractivity contribution in [3.8, 4) is 0 Å². The molecule has 4 heteroatoms. The van der Waals surface area contributed by atoms with E-state index in [2.05, 4.69) is 17.6 Å².